The number of nitrogen functional groups attached to an aromatic ring is 2. The van der Waals surface area contributed by atoms with E-state index in [1.165, 1.54) is 12.1 Å². The number of halogens is 2. The molecule has 0 unspecified atom stereocenters. The monoisotopic (exact) mass is 461 g/mol. The summed E-state index contributed by atoms with van der Waals surface area (Å²) in [6.45, 7) is 0. The molecule has 2 heterocycles. The summed E-state index contributed by atoms with van der Waals surface area (Å²) in [7, 11) is 0. The number of ether oxygens (including phenoxy) is 1. The van der Waals surface area contributed by atoms with Crippen molar-refractivity contribution in [3.63, 3.8) is 0 Å². The highest BCUT2D eigenvalue weighted by Gasteiger charge is 2.10. The number of hydrogen-bond donors (Lipinski definition) is 4. The first-order valence-electron chi connectivity index (χ1n) is 9.83. The Morgan fingerprint density at radius 3 is 2.55 bits per heavy atom. The van der Waals surface area contributed by atoms with Gasteiger partial charge in [0, 0.05) is 28.8 Å². The largest absolute Gasteiger partial charge is 0.456 e. The minimum absolute atomic E-state index is 0.0835. The molecule has 0 amide bonds. The van der Waals surface area contributed by atoms with Crippen LogP contribution in [0.1, 0.15) is 0 Å². The molecule has 0 bridgehead atoms. The van der Waals surface area contributed by atoms with Crippen molar-refractivity contribution >= 4 is 45.8 Å². The Hall–Kier alpha value is -4.37. The minimum Gasteiger partial charge on any atom is -0.456 e. The highest BCUT2D eigenvalue weighted by Crippen LogP contribution is 2.34. The molecule has 0 radical (unpaired) electrons. The third-order valence-corrected chi connectivity index (χ3v) is 5.17. The van der Waals surface area contributed by atoms with Crippen LogP contribution in [0.15, 0.2) is 66.7 Å². The van der Waals surface area contributed by atoms with Gasteiger partial charge in [0.25, 0.3) is 0 Å². The van der Waals surface area contributed by atoms with Crippen molar-refractivity contribution in [2.75, 3.05) is 16.8 Å². The van der Waals surface area contributed by atoms with Gasteiger partial charge in [0.2, 0.25) is 5.95 Å². The molecule has 0 spiro atoms. The first-order valence-corrected chi connectivity index (χ1v) is 10.2. The van der Waals surface area contributed by atoms with Crippen molar-refractivity contribution in [1.29, 1.82) is 0 Å². The first-order chi connectivity index (χ1) is 15.9. The Morgan fingerprint density at radius 1 is 0.939 bits per heavy atom. The molecule has 33 heavy (non-hydrogen) atoms. The number of nitrogens with one attached hydrogen (secondary N) is 2. The van der Waals surface area contributed by atoms with E-state index in [0.29, 0.717) is 45.1 Å². The van der Waals surface area contributed by atoms with E-state index in [1.807, 2.05) is 6.07 Å². The van der Waals surface area contributed by atoms with E-state index in [2.05, 4.69) is 25.5 Å². The molecule has 0 saturated carbocycles. The van der Waals surface area contributed by atoms with Gasteiger partial charge in [-0.1, -0.05) is 11.6 Å². The lowest BCUT2D eigenvalue weighted by Crippen LogP contribution is -2.01. The quantitative estimate of drug-likeness (QED) is 0.271. The number of fused-ring (bicyclic) bond motifs is 1. The van der Waals surface area contributed by atoms with Gasteiger partial charge in [0.15, 0.2) is 5.82 Å². The van der Waals surface area contributed by atoms with Crippen molar-refractivity contribution in [2.45, 2.75) is 0 Å². The van der Waals surface area contributed by atoms with E-state index in [4.69, 9.17) is 27.8 Å². The Kier molecular flexibility index (Phi) is 5.15. The van der Waals surface area contributed by atoms with E-state index in [0.717, 1.165) is 10.9 Å². The zero-order valence-corrected chi connectivity index (χ0v) is 17.8. The van der Waals surface area contributed by atoms with Crippen LogP contribution >= 0.6 is 11.6 Å². The van der Waals surface area contributed by atoms with Crippen LogP contribution in [0.3, 0.4) is 0 Å². The highest BCUT2D eigenvalue weighted by atomic mass is 35.5. The van der Waals surface area contributed by atoms with Crippen LogP contribution in [-0.4, -0.2) is 20.2 Å². The lowest BCUT2D eigenvalue weighted by atomic mass is 10.1. The third kappa shape index (κ3) is 4.35. The number of anilines is 4. The first kappa shape index (κ1) is 20.5. The third-order valence-electron chi connectivity index (χ3n) is 4.88. The molecular formula is C23H17ClFN7O. The summed E-state index contributed by atoms with van der Waals surface area (Å²) in [4.78, 5) is 8.43. The molecule has 0 aliphatic rings. The molecule has 6 N–H and O–H groups in total. The van der Waals surface area contributed by atoms with Gasteiger partial charge in [0.05, 0.1) is 16.2 Å². The van der Waals surface area contributed by atoms with Crippen LogP contribution < -0.4 is 21.5 Å². The second kappa shape index (κ2) is 8.29. The van der Waals surface area contributed by atoms with Crippen molar-refractivity contribution in [2.24, 2.45) is 0 Å². The average Bonchev–Trinajstić information content (AvgIpc) is 3.16. The van der Waals surface area contributed by atoms with Crippen LogP contribution in [0.25, 0.3) is 22.2 Å². The van der Waals surface area contributed by atoms with E-state index < -0.39 is 0 Å². The predicted octanol–water partition coefficient (Wildman–Crippen LogP) is 5.51. The summed E-state index contributed by atoms with van der Waals surface area (Å²) >= 11 is 6.44. The Bertz CT molecular complexity index is 1470. The van der Waals surface area contributed by atoms with Gasteiger partial charge in [0.1, 0.15) is 23.1 Å². The van der Waals surface area contributed by atoms with Crippen LogP contribution in [0.4, 0.5) is 27.7 Å². The summed E-state index contributed by atoms with van der Waals surface area (Å²) in [5.41, 5.74) is 14.4. The average molecular weight is 462 g/mol. The number of nitrogens with two attached hydrogens (primary N) is 2. The maximum atomic E-state index is 13.2. The fourth-order valence-electron chi connectivity index (χ4n) is 3.32. The summed E-state index contributed by atoms with van der Waals surface area (Å²) < 4.78 is 19.1. The Balaban J connectivity index is 1.36. The van der Waals surface area contributed by atoms with Gasteiger partial charge in [-0.15, -0.1) is 0 Å². The van der Waals surface area contributed by atoms with Gasteiger partial charge in [-0.25, -0.2) is 9.37 Å². The Labute approximate surface area is 192 Å². The standard InChI is InChI=1S/C23H17ClFN7O/c24-17-9-14(5-8-20(17)33-15-6-7-16-19(10-15)31-32-22(16)26)28-21-11-18(29-23(27)30-21)12-1-3-13(25)4-2-12/h1-11H,(H3,26,31,32)(H3,27,28,29,30). The SMILES string of the molecule is Nc1nc(Nc2ccc(Oc3ccc4c(N)n[nH]c4c3)c(Cl)c2)cc(-c2ccc(F)cc2)n1. The number of H-pyrrole nitrogens is 1. The lowest BCUT2D eigenvalue weighted by Gasteiger charge is -2.12. The van der Waals surface area contributed by atoms with Gasteiger partial charge >= 0.3 is 0 Å². The smallest absolute Gasteiger partial charge is 0.222 e. The molecular weight excluding hydrogens is 445 g/mol. The number of rotatable bonds is 5. The van der Waals surface area contributed by atoms with Crippen molar-refractivity contribution in [3.8, 4) is 22.8 Å². The summed E-state index contributed by atoms with van der Waals surface area (Å²) in [5.74, 6) is 1.71. The fourth-order valence-corrected chi connectivity index (χ4v) is 3.54. The molecule has 0 atom stereocenters. The highest BCUT2D eigenvalue weighted by molar-refractivity contribution is 6.32. The van der Waals surface area contributed by atoms with Gasteiger partial charge in [-0.3, -0.25) is 5.10 Å². The molecule has 0 fully saturated rings. The molecule has 164 valence electrons. The van der Waals surface area contributed by atoms with Gasteiger partial charge < -0.3 is 21.5 Å². The van der Waals surface area contributed by atoms with Gasteiger partial charge in [-0.05, 0) is 54.6 Å². The molecule has 5 rings (SSSR count). The second-order valence-electron chi connectivity index (χ2n) is 7.19. The van der Waals surface area contributed by atoms with E-state index in [-0.39, 0.29) is 11.8 Å². The number of benzene rings is 3. The maximum Gasteiger partial charge on any atom is 0.222 e. The summed E-state index contributed by atoms with van der Waals surface area (Å²) in [5, 5.41) is 11.2. The normalized spacial score (nSPS) is 11.0. The minimum atomic E-state index is -0.329. The second-order valence-corrected chi connectivity index (χ2v) is 7.60. The number of nitrogens with zero attached hydrogens (tertiary/aromatic N) is 3. The fraction of sp³-hybridized carbons (Fsp3) is 0. The maximum absolute atomic E-state index is 13.2. The summed E-state index contributed by atoms with van der Waals surface area (Å²) in [6, 6.07) is 18.3. The Morgan fingerprint density at radius 2 is 1.76 bits per heavy atom. The van der Waals surface area contributed by atoms with Crippen LogP contribution in [0.5, 0.6) is 11.5 Å². The molecule has 2 aromatic heterocycles. The van der Waals surface area contributed by atoms with Gasteiger partial charge in [-0.2, -0.15) is 10.1 Å². The summed E-state index contributed by atoms with van der Waals surface area (Å²) in [6.07, 6.45) is 0. The zero-order valence-electron chi connectivity index (χ0n) is 17.0. The van der Waals surface area contributed by atoms with E-state index in [1.54, 1.807) is 48.5 Å². The van der Waals surface area contributed by atoms with Crippen LogP contribution in [0.2, 0.25) is 5.02 Å². The molecule has 0 aliphatic heterocycles. The van der Waals surface area contributed by atoms with Crippen molar-refractivity contribution in [1.82, 2.24) is 20.2 Å². The predicted molar refractivity (Wildman–Crippen MR) is 127 cm³/mol. The molecule has 0 aliphatic carbocycles. The van der Waals surface area contributed by atoms with Crippen molar-refractivity contribution in [3.05, 3.63) is 77.6 Å². The molecule has 5 aromatic rings. The molecule has 8 nitrogen and oxygen atoms in total. The molecule has 0 saturated heterocycles. The van der Waals surface area contributed by atoms with E-state index in [9.17, 15) is 4.39 Å². The van der Waals surface area contributed by atoms with Crippen molar-refractivity contribution < 1.29 is 9.13 Å². The number of aromatic amines is 1. The number of hydrogen-bond acceptors (Lipinski definition) is 7. The molecule has 10 heteroatoms. The lowest BCUT2D eigenvalue weighted by molar-refractivity contribution is 0.483. The van der Waals surface area contributed by atoms with Crippen LogP contribution in [-0.2, 0) is 0 Å². The molecule has 3 aromatic carbocycles. The number of aromatic nitrogens is 4. The topological polar surface area (TPSA) is 128 Å². The zero-order chi connectivity index (χ0) is 22.9. The van der Waals surface area contributed by atoms with Crippen LogP contribution in [0, 0.1) is 5.82 Å². The van der Waals surface area contributed by atoms with E-state index >= 15 is 0 Å².